The van der Waals surface area contributed by atoms with Crippen molar-refractivity contribution in [1.82, 2.24) is 4.90 Å². The molecule has 118 valence electrons. The molecule has 1 aliphatic heterocycles. The monoisotopic (exact) mass is 317 g/mol. The number of hydrogen-bond acceptors (Lipinski definition) is 2. The molecule has 2 aliphatic carbocycles. The molecule has 22 heavy (non-hydrogen) atoms. The number of fused-ring (bicyclic) bond motifs is 4. The van der Waals surface area contributed by atoms with Crippen molar-refractivity contribution < 1.29 is 5.11 Å². The molecule has 5 atom stereocenters. The van der Waals surface area contributed by atoms with E-state index in [2.05, 4.69) is 36.6 Å². The Balaban J connectivity index is 0.00000144. The van der Waals surface area contributed by atoms with Crippen molar-refractivity contribution in [2.45, 2.75) is 25.3 Å². The van der Waals surface area contributed by atoms with Crippen LogP contribution in [0, 0.1) is 17.8 Å². The molecule has 3 aliphatic rings. The van der Waals surface area contributed by atoms with Gasteiger partial charge in [0.1, 0.15) is 5.75 Å². The van der Waals surface area contributed by atoms with Crippen LogP contribution in [-0.4, -0.2) is 29.1 Å². The van der Waals surface area contributed by atoms with Gasteiger partial charge in [0, 0.05) is 19.1 Å². The summed E-state index contributed by atoms with van der Waals surface area (Å²) in [5, 5.41) is 9.83. The van der Waals surface area contributed by atoms with Crippen LogP contribution in [0.5, 0.6) is 5.75 Å². The number of aromatic hydroxyl groups is 1. The lowest BCUT2D eigenvalue weighted by atomic mass is 9.58. The minimum atomic E-state index is 0. The van der Waals surface area contributed by atoms with Crippen LogP contribution in [0.4, 0.5) is 0 Å². The third kappa shape index (κ3) is 2.21. The molecule has 0 aromatic heterocycles. The number of phenolic OH excluding ortho intramolecular Hbond substituents is 1. The van der Waals surface area contributed by atoms with Crippen LogP contribution >= 0.6 is 12.4 Å². The third-order valence-electron chi connectivity index (χ3n) is 5.87. The Morgan fingerprint density at radius 3 is 2.86 bits per heavy atom. The van der Waals surface area contributed by atoms with E-state index in [1.54, 1.807) is 0 Å². The largest absolute Gasteiger partial charge is 0.508 e. The highest BCUT2D eigenvalue weighted by Crippen LogP contribution is 2.51. The fourth-order valence-corrected chi connectivity index (χ4v) is 4.83. The van der Waals surface area contributed by atoms with Crippen molar-refractivity contribution in [3.63, 3.8) is 0 Å². The second kappa shape index (κ2) is 5.75. The molecule has 1 aromatic carbocycles. The molecule has 4 unspecified atom stereocenters. The number of likely N-dealkylation sites (tertiary alicyclic amines) is 1. The first kappa shape index (κ1) is 15.6. The number of halogens is 1. The molecule has 2 nitrogen and oxygen atoms in total. The highest BCUT2D eigenvalue weighted by atomic mass is 35.5. The molecule has 3 heteroatoms. The van der Waals surface area contributed by atoms with Gasteiger partial charge in [-0.2, -0.15) is 0 Å². The maximum atomic E-state index is 9.83. The zero-order chi connectivity index (χ0) is 14.6. The van der Waals surface area contributed by atoms with Gasteiger partial charge in [-0.3, -0.25) is 4.90 Å². The Kier molecular flexibility index (Phi) is 4.09. The number of allylic oxidation sites excluding steroid dienone is 1. The summed E-state index contributed by atoms with van der Waals surface area (Å²) < 4.78 is 0. The van der Waals surface area contributed by atoms with Gasteiger partial charge in [-0.1, -0.05) is 31.2 Å². The molecule has 0 spiro atoms. The first-order valence-electron chi connectivity index (χ1n) is 8.04. The van der Waals surface area contributed by atoms with Crippen molar-refractivity contribution in [2.24, 2.45) is 17.8 Å². The molecule has 1 N–H and O–H groups in total. The van der Waals surface area contributed by atoms with Gasteiger partial charge in [0.15, 0.2) is 0 Å². The Labute approximate surface area is 138 Å². The first-order chi connectivity index (χ1) is 10.2. The van der Waals surface area contributed by atoms with Crippen LogP contribution in [0.25, 0.3) is 0 Å². The number of benzene rings is 1. The van der Waals surface area contributed by atoms with Gasteiger partial charge in [-0.25, -0.2) is 0 Å². The summed E-state index contributed by atoms with van der Waals surface area (Å²) in [5.41, 5.74) is 2.77. The van der Waals surface area contributed by atoms with Crippen molar-refractivity contribution in [2.75, 3.05) is 13.1 Å². The quantitative estimate of drug-likeness (QED) is 0.840. The number of piperidine rings is 1. The zero-order valence-corrected chi connectivity index (χ0v) is 13.8. The smallest absolute Gasteiger partial charge is 0.115 e. The predicted molar refractivity (Wildman–Crippen MR) is 92.6 cm³/mol. The highest BCUT2D eigenvalue weighted by molar-refractivity contribution is 5.85. The molecule has 1 fully saturated rings. The van der Waals surface area contributed by atoms with Crippen LogP contribution in [0.1, 0.15) is 24.0 Å². The molecule has 0 saturated carbocycles. The first-order valence-corrected chi connectivity index (χ1v) is 8.04. The number of phenols is 1. The maximum absolute atomic E-state index is 9.83. The van der Waals surface area contributed by atoms with Gasteiger partial charge in [-0.05, 0) is 53.4 Å². The minimum absolute atomic E-state index is 0. The Hall–Kier alpha value is -1.25. The van der Waals surface area contributed by atoms with E-state index >= 15 is 0 Å². The Morgan fingerprint density at radius 1 is 1.36 bits per heavy atom. The van der Waals surface area contributed by atoms with Gasteiger partial charge in [0.2, 0.25) is 0 Å². The molecule has 1 aromatic rings. The summed E-state index contributed by atoms with van der Waals surface area (Å²) >= 11 is 0. The molecule has 1 heterocycles. The van der Waals surface area contributed by atoms with E-state index in [-0.39, 0.29) is 12.4 Å². The maximum Gasteiger partial charge on any atom is 0.115 e. The summed E-state index contributed by atoms with van der Waals surface area (Å²) in [4.78, 5) is 2.62. The third-order valence-corrected chi connectivity index (χ3v) is 5.87. The van der Waals surface area contributed by atoms with Crippen LogP contribution < -0.4 is 0 Å². The Bertz CT molecular complexity index is 611. The van der Waals surface area contributed by atoms with Crippen LogP contribution in [-0.2, 0) is 6.42 Å². The molecule has 0 radical (unpaired) electrons. The van der Waals surface area contributed by atoms with Gasteiger partial charge < -0.3 is 5.11 Å². The minimum Gasteiger partial charge on any atom is -0.508 e. The summed E-state index contributed by atoms with van der Waals surface area (Å²) in [7, 11) is 0. The van der Waals surface area contributed by atoms with Crippen LogP contribution in [0.2, 0.25) is 0 Å². The van der Waals surface area contributed by atoms with Gasteiger partial charge in [-0.15, -0.1) is 19.0 Å². The van der Waals surface area contributed by atoms with Crippen molar-refractivity contribution in [1.29, 1.82) is 0 Å². The van der Waals surface area contributed by atoms with E-state index in [4.69, 9.17) is 0 Å². The Morgan fingerprint density at radius 2 is 2.18 bits per heavy atom. The van der Waals surface area contributed by atoms with Crippen LogP contribution in [0.15, 0.2) is 43.0 Å². The average Bonchev–Trinajstić information content (AvgIpc) is 2.44. The van der Waals surface area contributed by atoms with Gasteiger partial charge in [0.25, 0.3) is 0 Å². The second-order valence-electron chi connectivity index (χ2n) is 6.89. The number of nitrogens with zero attached hydrogens (tertiary/aromatic N) is 1. The average molecular weight is 318 g/mol. The van der Waals surface area contributed by atoms with Gasteiger partial charge >= 0.3 is 0 Å². The second-order valence-corrected chi connectivity index (χ2v) is 6.89. The highest BCUT2D eigenvalue weighted by Gasteiger charge is 2.48. The SMILES string of the molecule is C=CCN1CC2C=CC2C2C1Cc1ccc(O)cc1[C@H]2C.Cl. The lowest BCUT2D eigenvalue weighted by Gasteiger charge is -2.55. The van der Waals surface area contributed by atoms with Crippen molar-refractivity contribution in [3.8, 4) is 5.75 Å². The predicted octanol–water partition coefficient (Wildman–Crippen LogP) is 3.76. The fraction of sp³-hybridized carbons (Fsp3) is 0.474. The summed E-state index contributed by atoms with van der Waals surface area (Å²) in [6.45, 7) is 8.44. The van der Waals surface area contributed by atoms with Gasteiger partial charge in [0.05, 0.1) is 0 Å². The standard InChI is InChI=1S/C19H23NO.ClH/c1-3-8-20-11-14-5-7-16(14)19-12(2)17-10-15(21)6-4-13(17)9-18(19)20;/h3-7,10,12,14,16,18-19,21H,1,8-9,11H2,2H3;1H/t12-,14?,16?,18?,19?;/m1./s1. The van der Waals surface area contributed by atoms with E-state index < -0.39 is 0 Å². The summed E-state index contributed by atoms with van der Waals surface area (Å²) in [6, 6.07) is 6.55. The normalized spacial score (nSPS) is 35.4. The molecule has 0 amide bonds. The van der Waals surface area contributed by atoms with E-state index in [0.717, 1.165) is 18.9 Å². The fourth-order valence-electron chi connectivity index (χ4n) is 4.83. The van der Waals surface area contributed by atoms with E-state index in [1.807, 2.05) is 18.2 Å². The topological polar surface area (TPSA) is 23.5 Å². The van der Waals surface area contributed by atoms with Crippen LogP contribution in [0.3, 0.4) is 0 Å². The molecule has 4 rings (SSSR count). The molecule has 0 bridgehead atoms. The van der Waals surface area contributed by atoms with E-state index in [9.17, 15) is 5.11 Å². The summed E-state index contributed by atoms with van der Waals surface area (Å²) in [5.74, 6) is 3.02. The molecular weight excluding hydrogens is 294 g/mol. The van der Waals surface area contributed by atoms with Crippen molar-refractivity contribution in [3.05, 3.63) is 54.1 Å². The number of hydrogen-bond donors (Lipinski definition) is 1. The van der Waals surface area contributed by atoms with Crippen molar-refractivity contribution >= 4 is 12.4 Å². The lowest BCUT2D eigenvalue weighted by molar-refractivity contribution is 0.0166. The van der Waals surface area contributed by atoms with E-state index in [0.29, 0.717) is 29.5 Å². The summed E-state index contributed by atoms with van der Waals surface area (Å²) in [6.07, 6.45) is 7.94. The number of rotatable bonds is 2. The molecular formula is C19H24ClNO. The zero-order valence-electron chi connectivity index (χ0n) is 13.0. The lowest BCUT2D eigenvalue weighted by Crippen LogP contribution is -2.58. The molecule has 1 saturated heterocycles. The van der Waals surface area contributed by atoms with E-state index in [1.165, 1.54) is 17.7 Å².